The summed E-state index contributed by atoms with van der Waals surface area (Å²) in [6.45, 7) is 12.6. The van der Waals surface area contributed by atoms with Gasteiger partial charge >= 0.3 is 23.1 Å². The third-order valence-corrected chi connectivity index (χ3v) is 10.3. The van der Waals surface area contributed by atoms with E-state index < -0.39 is 0 Å². The first-order valence-electron chi connectivity index (χ1n) is 12.6. The molecule has 0 amide bonds. The van der Waals surface area contributed by atoms with Crippen LogP contribution in [-0.4, -0.2) is 34.3 Å². The van der Waals surface area contributed by atoms with Crippen molar-refractivity contribution in [3.63, 3.8) is 0 Å². The first-order valence-corrected chi connectivity index (χ1v) is 12.6. The molecule has 3 saturated carbocycles. The number of fused-ring (bicyclic) bond motifs is 5. The molecular formula is C27H48MgO. The van der Waals surface area contributed by atoms with Crippen LogP contribution < -0.4 is 0 Å². The molecule has 2 unspecified atom stereocenters. The molecule has 4 aliphatic rings. The topological polar surface area (TPSA) is 20.2 Å². The summed E-state index contributed by atoms with van der Waals surface area (Å²) in [5.41, 5.74) is 2.60. The minimum absolute atomic E-state index is 0. The molecule has 0 spiro atoms. The number of aliphatic hydroxyl groups is 1. The van der Waals surface area contributed by atoms with E-state index in [4.69, 9.17) is 0 Å². The predicted octanol–water partition coefficient (Wildman–Crippen LogP) is 6.47. The van der Waals surface area contributed by atoms with E-state index in [1.807, 2.05) is 0 Å². The largest absolute Gasteiger partial charge is 0.393 e. The first kappa shape index (κ1) is 24.1. The van der Waals surface area contributed by atoms with Gasteiger partial charge in [0, 0.05) is 0 Å². The maximum atomic E-state index is 10.2. The van der Waals surface area contributed by atoms with E-state index in [1.165, 1.54) is 57.8 Å². The van der Waals surface area contributed by atoms with Gasteiger partial charge in [-0.1, -0.05) is 65.5 Å². The maximum Gasteiger partial charge on any atom is 0.316 e. The fourth-order valence-corrected chi connectivity index (χ4v) is 8.67. The van der Waals surface area contributed by atoms with Crippen LogP contribution in [0.25, 0.3) is 0 Å². The van der Waals surface area contributed by atoms with Gasteiger partial charge in [-0.2, -0.15) is 0 Å². The molecule has 29 heavy (non-hydrogen) atoms. The lowest BCUT2D eigenvalue weighted by molar-refractivity contribution is -0.0573. The van der Waals surface area contributed by atoms with Crippen molar-refractivity contribution in [2.45, 2.75) is 111 Å². The molecule has 4 aliphatic carbocycles. The molecule has 4 rings (SSSR count). The third kappa shape index (κ3) is 4.25. The predicted molar refractivity (Wildman–Crippen MR) is 128 cm³/mol. The highest BCUT2D eigenvalue weighted by atomic mass is 24.3. The minimum atomic E-state index is -0.0766. The van der Waals surface area contributed by atoms with Crippen molar-refractivity contribution in [3.05, 3.63) is 11.6 Å². The highest BCUT2D eigenvalue weighted by Crippen LogP contribution is 2.67. The summed E-state index contributed by atoms with van der Waals surface area (Å²) in [5.74, 6) is 5.46. The van der Waals surface area contributed by atoms with Crippen molar-refractivity contribution >= 4 is 23.1 Å². The van der Waals surface area contributed by atoms with Crippen molar-refractivity contribution in [1.29, 1.82) is 0 Å². The summed E-state index contributed by atoms with van der Waals surface area (Å²) < 4.78 is 0. The number of hydrogen-bond donors (Lipinski definition) is 1. The van der Waals surface area contributed by atoms with E-state index in [2.05, 4.69) is 40.7 Å². The van der Waals surface area contributed by atoms with Gasteiger partial charge in [0.15, 0.2) is 0 Å². The van der Waals surface area contributed by atoms with Crippen LogP contribution in [0.15, 0.2) is 11.6 Å². The quantitative estimate of drug-likeness (QED) is 0.405. The molecule has 0 saturated heterocycles. The molecule has 0 aromatic heterocycles. The Balaban J connectivity index is 0.00000240. The average molecular weight is 413 g/mol. The lowest BCUT2D eigenvalue weighted by Gasteiger charge is -2.58. The van der Waals surface area contributed by atoms with Crippen molar-refractivity contribution in [2.75, 3.05) is 0 Å². The molecule has 2 heteroatoms. The van der Waals surface area contributed by atoms with Gasteiger partial charge in [0.1, 0.15) is 0 Å². The first-order chi connectivity index (χ1) is 13.3. The smallest absolute Gasteiger partial charge is 0.316 e. The standard InChI is InChI=1S/C27H46O.Mg.2H/c1-18(2)7-6-8-19(3)23-11-12-24-22-10-9-20-17-21(28)13-15-26(20,4)25(22)14-16-27(23,24)5;;;/h9,18-19,21-25,28H,6-8,10-17H2,1-5H3;;;/t19-,21?,22-,23-,24?,25-,26+,27-;;;/m1.../s1. The van der Waals surface area contributed by atoms with Gasteiger partial charge < -0.3 is 5.11 Å². The Morgan fingerprint density at radius 1 is 1.00 bits per heavy atom. The van der Waals surface area contributed by atoms with E-state index in [9.17, 15) is 5.11 Å². The Bertz CT molecular complexity index is 597. The molecule has 0 bridgehead atoms. The van der Waals surface area contributed by atoms with Crippen LogP contribution in [0.1, 0.15) is 105 Å². The summed E-state index contributed by atoms with van der Waals surface area (Å²) >= 11 is 0. The van der Waals surface area contributed by atoms with Gasteiger partial charge in [0.05, 0.1) is 6.10 Å². The SMILES string of the molecule is CC(C)CCC[C@@H](C)[C@H]1CCC2[C@H]3CC=C4CC(O)CC[C@]4(C)[C@@H]3CC[C@@]21C.[MgH2]. The van der Waals surface area contributed by atoms with Gasteiger partial charge in [-0.25, -0.2) is 0 Å². The van der Waals surface area contributed by atoms with E-state index in [1.54, 1.807) is 5.57 Å². The third-order valence-electron chi connectivity index (χ3n) is 10.3. The molecule has 0 heterocycles. The second kappa shape index (κ2) is 9.14. The summed E-state index contributed by atoms with van der Waals surface area (Å²) in [7, 11) is 0. The molecule has 0 aromatic rings. The van der Waals surface area contributed by atoms with Gasteiger partial charge in [-0.3, -0.25) is 0 Å². The van der Waals surface area contributed by atoms with E-state index in [-0.39, 0.29) is 29.2 Å². The maximum absolute atomic E-state index is 10.2. The normalized spacial score (nSPS) is 44.9. The molecule has 1 N–H and O–H groups in total. The van der Waals surface area contributed by atoms with Crippen molar-refractivity contribution in [2.24, 2.45) is 46.3 Å². The fourth-order valence-electron chi connectivity index (χ4n) is 8.67. The Morgan fingerprint density at radius 3 is 2.48 bits per heavy atom. The molecule has 164 valence electrons. The highest BCUT2D eigenvalue weighted by Gasteiger charge is 2.59. The Morgan fingerprint density at radius 2 is 1.76 bits per heavy atom. The Hall–Kier alpha value is 0.466. The average Bonchev–Trinajstić information content (AvgIpc) is 2.99. The molecule has 8 atom stereocenters. The highest BCUT2D eigenvalue weighted by molar-refractivity contribution is 5.75. The molecular weight excluding hydrogens is 365 g/mol. The fraction of sp³-hybridized carbons (Fsp3) is 0.926. The van der Waals surface area contributed by atoms with Crippen molar-refractivity contribution < 1.29 is 5.11 Å². The van der Waals surface area contributed by atoms with Crippen LogP contribution in [0.2, 0.25) is 0 Å². The summed E-state index contributed by atoms with van der Waals surface area (Å²) in [4.78, 5) is 0. The van der Waals surface area contributed by atoms with Gasteiger partial charge in [-0.15, -0.1) is 0 Å². The van der Waals surface area contributed by atoms with E-state index >= 15 is 0 Å². The van der Waals surface area contributed by atoms with E-state index in [0.717, 1.165) is 48.3 Å². The van der Waals surface area contributed by atoms with E-state index in [0.29, 0.717) is 10.8 Å². The van der Waals surface area contributed by atoms with Crippen LogP contribution in [0.5, 0.6) is 0 Å². The lowest BCUT2D eigenvalue weighted by Crippen LogP contribution is -2.50. The minimum Gasteiger partial charge on any atom is -0.393 e. The number of hydrogen-bond acceptors (Lipinski definition) is 1. The number of aliphatic hydroxyl groups excluding tert-OH is 1. The summed E-state index contributed by atoms with van der Waals surface area (Å²) in [6.07, 6.45) is 17.2. The monoisotopic (exact) mass is 412 g/mol. The molecule has 3 fully saturated rings. The second-order valence-corrected chi connectivity index (χ2v) is 12.2. The molecule has 1 nitrogen and oxygen atoms in total. The molecule has 0 aliphatic heterocycles. The van der Waals surface area contributed by atoms with Gasteiger partial charge in [0.25, 0.3) is 0 Å². The second-order valence-electron chi connectivity index (χ2n) is 12.2. The summed E-state index contributed by atoms with van der Waals surface area (Å²) in [6, 6.07) is 0. The number of rotatable bonds is 5. The van der Waals surface area contributed by atoms with Crippen LogP contribution in [-0.2, 0) is 0 Å². The van der Waals surface area contributed by atoms with Crippen LogP contribution in [0.4, 0.5) is 0 Å². The van der Waals surface area contributed by atoms with Gasteiger partial charge in [-0.05, 0) is 97.7 Å². The van der Waals surface area contributed by atoms with Crippen molar-refractivity contribution in [1.82, 2.24) is 0 Å². The van der Waals surface area contributed by atoms with Crippen LogP contribution in [0, 0.1) is 46.3 Å². The Kier molecular flexibility index (Phi) is 7.60. The zero-order chi connectivity index (χ0) is 20.1. The van der Waals surface area contributed by atoms with Gasteiger partial charge in [0.2, 0.25) is 0 Å². The van der Waals surface area contributed by atoms with Crippen LogP contribution >= 0.6 is 0 Å². The molecule has 0 aromatic carbocycles. The summed E-state index contributed by atoms with van der Waals surface area (Å²) in [5, 5.41) is 10.2. The van der Waals surface area contributed by atoms with Crippen molar-refractivity contribution in [3.8, 4) is 0 Å². The molecule has 0 radical (unpaired) electrons. The number of allylic oxidation sites excluding steroid dienone is 1. The van der Waals surface area contributed by atoms with Crippen LogP contribution in [0.3, 0.4) is 0 Å². The zero-order valence-corrected chi connectivity index (χ0v) is 19.3. The lowest BCUT2D eigenvalue weighted by atomic mass is 9.47. The zero-order valence-electron chi connectivity index (χ0n) is 19.3. The Labute approximate surface area is 197 Å².